The molecule has 2 rings (SSSR count). The number of aromatic nitrogens is 2. The first kappa shape index (κ1) is 20.2. The molecule has 0 aliphatic heterocycles. The van der Waals surface area contributed by atoms with Gasteiger partial charge in [-0.2, -0.15) is 0 Å². The molecule has 1 heterocycles. The number of hydrogen-bond acceptors (Lipinski definition) is 3. The van der Waals surface area contributed by atoms with Crippen LogP contribution in [0, 0.1) is 6.92 Å². The number of imidazole rings is 1. The Kier molecular flexibility index (Phi) is 8.96. The van der Waals surface area contributed by atoms with Gasteiger partial charge in [-0.15, -0.1) is 0 Å². The van der Waals surface area contributed by atoms with Gasteiger partial charge in [0.15, 0.2) is 5.96 Å². The molecule has 0 saturated heterocycles. The van der Waals surface area contributed by atoms with Gasteiger partial charge in [0.25, 0.3) is 0 Å². The van der Waals surface area contributed by atoms with Crippen LogP contribution >= 0.6 is 0 Å². The molecule has 26 heavy (non-hydrogen) atoms. The predicted octanol–water partition coefficient (Wildman–Crippen LogP) is 3.11. The van der Waals surface area contributed by atoms with Crippen LogP contribution in [0.15, 0.2) is 29.3 Å². The first-order valence-corrected chi connectivity index (χ1v) is 9.78. The third kappa shape index (κ3) is 6.33. The molecule has 0 aliphatic rings. The maximum Gasteiger partial charge on any atom is 0.191 e. The molecule has 0 amide bonds. The molecule has 0 saturated carbocycles. The van der Waals surface area contributed by atoms with Crippen LogP contribution in [0.5, 0.6) is 0 Å². The number of nitrogens with one attached hydrogen (secondary N) is 2. The highest BCUT2D eigenvalue weighted by atomic mass is 16.5. The van der Waals surface area contributed by atoms with Gasteiger partial charge in [-0.25, -0.2) is 4.98 Å². The van der Waals surface area contributed by atoms with Crippen molar-refractivity contribution < 1.29 is 4.74 Å². The molecule has 1 aromatic heterocycles. The van der Waals surface area contributed by atoms with E-state index in [1.807, 2.05) is 6.07 Å². The van der Waals surface area contributed by atoms with Gasteiger partial charge in [0.1, 0.15) is 5.82 Å². The van der Waals surface area contributed by atoms with Crippen molar-refractivity contribution >= 4 is 17.0 Å². The fourth-order valence-corrected chi connectivity index (χ4v) is 2.83. The minimum absolute atomic E-state index is 0.713. The number of para-hydroxylation sites is 2. The van der Waals surface area contributed by atoms with Gasteiger partial charge in [0.2, 0.25) is 0 Å². The lowest BCUT2D eigenvalue weighted by atomic mass is 10.3. The summed E-state index contributed by atoms with van der Waals surface area (Å²) in [5.41, 5.74) is 2.26. The monoisotopic (exact) mass is 359 g/mol. The Morgan fingerprint density at radius 2 is 2.00 bits per heavy atom. The normalized spacial score (nSPS) is 11.9. The number of guanidine groups is 1. The van der Waals surface area contributed by atoms with Gasteiger partial charge in [-0.3, -0.25) is 4.99 Å². The molecule has 144 valence electrons. The molecule has 2 N–H and O–H groups in total. The molecule has 2 aromatic rings. The zero-order chi connectivity index (χ0) is 18.6. The maximum absolute atomic E-state index is 5.58. The van der Waals surface area contributed by atoms with Gasteiger partial charge in [0, 0.05) is 32.8 Å². The fourth-order valence-electron chi connectivity index (χ4n) is 2.83. The Morgan fingerprint density at radius 1 is 1.15 bits per heavy atom. The van der Waals surface area contributed by atoms with Gasteiger partial charge >= 0.3 is 0 Å². The van der Waals surface area contributed by atoms with E-state index in [0.29, 0.717) is 6.61 Å². The number of nitrogens with zero attached hydrogens (tertiary/aromatic N) is 3. The first-order chi connectivity index (χ1) is 12.8. The molecule has 6 nitrogen and oxygen atoms in total. The van der Waals surface area contributed by atoms with Crippen LogP contribution in [0.3, 0.4) is 0 Å². The van der Waals surface area contributed by atoms with E-state index in [-0.39, 0.29) is 0 Å². The molecular weight excluding hydrogens is 326 g/mol. The van der Waals surface area contributed by atoms with Crippen LogP contribution in [0.25, 0.3) is 11.0 Å². The van der Waals surface area contributed by atoms with Crippen molar-refractivity contribution in [3.05, 3.63) is 30.1 Å². The summed E-state index contributed by atoms with van der Waals surface area (Å²) in [6.45, 7) is 11.2. The van der Waals surface area contributed by atoms with Crippen LogP contribution in [0.4, 0.5) is 0 Å². The van der Waals surface area contributed by atoms with E-state index in [0.717, 1.165) is 62.9 Å². The minimum atomic E-state index is 0.713. The molecule has 0 spiro atoms. The number of ether oxygens (including phenoxy) is 1. The van der Waals surface area contributed by atoms with Crippen molar-refractivity contribution in [3.8, 4) is 0 Å². The number of aliphatic imine (C=N–C) groups is 1. The summed E-state index contributed by atoms with van der Waals surface area (Å²) < 4.78 is 7.85. The SMILES string of the molecule is CCCCOCCNC(=NCCCn1c(C)nc2ccccc21)NCC. The highest BCUT2D eigenvalue weighted by molar-refractivity contribution is 5.79. The smallest absolute Gasteiger partial charge is 0.191 e. The van der Waals surface area contributed by atoms with Crippen LogP contribution in [0.2, 0.25) is 0 Å². The quantitative estimate of drug-likeness (QED) is 0.368. The lowest BCUT2D eigenvalue weighted by Gasteiger charge is -2.12. The van der Waals surface area contributed by atoms with Crippen molar-refractivity contribution in [2.75, 3.05) is 32.8 Å². The highest BCUT2D eigenvalue weighted by Crippen LogP contribution is 2.15. The second-order valence-electron chi connectivity index (χ2n) is 6.31. The average molecular weight is 360 g/mol. The molecule has 0 atom stereocenters. The summed E-state index contributed by atoms with van der Waals surface area (Å²) in [4.78, 5) is 9.28. The number of hydrogen-bond donors (Lipinski definition) is 2. The molecular formula is C20H33N5O. The molecule has 0 fully saturated rings. The van der Waals surface area contributed by atoms with Crippen molar-refractivity contribution in [1.29, 1.82) is 0 Å². The van der Waals surface area contributed by atoms with Crippen molar-refractivity contribution in [2.45, 2.75) is 46.6 Å². The molecule has 0 unspecified atom stereocenters. The third-order valence-corrected chi connectivity index (χ3v) is 4.18. The lowest BCUT2D eigenvalue weighted by Crippen LogP contribution is -2.39. The van der Waals surface area contributed by atoms with Crippen LogP contribution in [0.1, 0.15) is 38.9 Å². The average Bonchev–Trinajstić information content (AvgIpc) is 2.96. The van der Waals surface area contributed by atoms with Crippen molar-refractivity contribution in [1.82, 2.24) is 20.2 Å². The van der Waals surface area contributed by atoms with Gasteiger partial charge in [0.05, 0.1) is 17.6 Å². The zero-order valence-electron chi connectivity index (χ0n) is 16.4. The van der Waals surface area contributed by atoms with Gasteiger partial charge in [-0.05, 0) is 38.8 Å². The summed E-state index contributed by atoms with van der Waals surface area (Å²) in [5.74, 6) is 1.92. The largest absolute Gasteiger partial charge is 0.380 e. The summed E-state index contributed by atoms with van der Waals surface area (Å²) in [7, 11) is 0. The number of aryl methyl sites for hydroxylation is 2. The van der Waals surface area contributed by atoms with Gasteiger partial charge in [-0.1, -0.05) is 25.5 Å². The van der Waals surface area contributed by atoms with Gasteiger partial charge < -0.3 is 19.9 Å². The van der Waals surface area contributed by atoms with Crippen LogP contribution < -0.4 is 10.6 Å². The molecule has 1 aromatic carbocycles. The van der Waals surface area contributed by atoms with E-state index in [1.54, 1.807) is 0 Å². The molecule has 0 radical (unpaired) electrons. The predicted molar refractivity (Wildman–Crippen MR) is 109 cm³/mol. The second kappa shape index (κ2) is 11.5. The van der Waals surface area contributed by atoms with E-state index < -0.39 is 0 Å². The standard InChI is InChI=1S/C20H33N5O/c1-4-6-15-26-16-13-23-20(21-5-2)22-12-9-14-25-17(3)24-18-10-7-8-11-19(18)25/h7-8,10-11H,4-6,9,12-16H2,1-3H3,(H2,21,22,23). The zero-order valence-corrected chi connectivity index (χ0v) is 16.4. The summed E-state index contributed by atoms with van der Waals surface area (Å²) >= 11 is 0. The van der Waals surface area contributed by atoms with Crippen LogP contribution in [-0.2, 0) is 11.3 Å². The number of unbranched alkanes of at least 4 members (excludes halogenated alkanes) is 1. The Bertz CT molecular complexity index is 680. The maximum atomic E-state index is 5.58. The van der Waals surface area contributed by atoms with Crippen molar-refractivity contribution in [2.24, 2.45) is 4.99 Å². The second-order valence-corrected chi connectivity index (χ2v) is 6.31. The number of rotatable bonds is 11. The Morgan fingerprint density at radius 3 is 2.81 bits per heavy atom. The highest BCUT2D eigenvalue weighted by Gasteiger charge is 2.05. The van der Waals surface area contributed by atoms with E-state index in [2.05, 4.69) is 64.1 Å². The van der Waals surface area contributed by atoms with Crippen LogP contribution in [-0.4, -0.2) is 48.4 Å². The number of benzene rings is 1. The van der Waals surface area contributed by atoms with E-state index in [1.165, 1.54) is 11.9 Å². The summed E-state index contributed by atoms with van der Waals surface area (Å²) in [6.07, 6.45) is 3.27. The number of fused-ring (bicyclic) bond motifs is 1. The van der Waals surface area contributed by atoms with Crippen molar-refractivity contribution in [3.63, 3.8) is 0 Å². The summed E-state index contributed by atoms with van der Waals surface area (Å²) in [5, 5.41) is 6.61. The first-order valence-electron chi connectivity index (χ1n) is 9.78. The Hall–Kier alpha value is -2.08. The molecule has 0 bridgehead atoms. The topological polar surface area (TPSA) is 63.5 Å². The molecule has 0 aliphatic carbocycles. The third-order valence-electron chi connectivity index (χ3n) is 4.18. The lowest BCUT2D eigenvalue weighted by molar-refractivity contribution is 0.136. The minimum Gasteiger partial charge on any atom is -0.380 e. The van der Waals surface area contributed by atoms with E-state index in [9.17, 15) is 0 Å². The Balaban J connectivity index is 1.77. The molecule has 6 heteroatoms. The Labute approximate surface area is 157 Å². The van der Waals surface area contributed by atoms with E-state index >= 15 is 0 Å². The fraction of sp³-hybridized carbons (Fsp3) is 0.600. The summed E-state index contributed by atoms with van der Waals surface area (Å²) in [6, 6.07) is 8.28. The van der Waals surface area contributed by atoms with E-state index in [4.69, 9.17) is 4.74 Å².